The van der Waals surface area contributed by atoms with Crippen LogP contribution < -0.4 is 26.6 Å². The Hall–Kier alpha value is -14.1. The lowest BCUT2D eigenvalue weighted by Crippen LogP contribution is -2.44. The van der Waals surface area contributed by atoms with Crippen LogP contribution in [0.2, 0.25) is 0 Å². The first-order valence-corrected chi connectivity index (χ1v) is 48.5. The highest BCUT2D eigenvalue weighted by Crippen LogP contribution is 2.39. The maximum absolute atomic E-state index is 13.6. The summed E-state index contributed by atoms with van der Waals surface area (Å²) in [6, 6.07) is 36.3. The van der Waals surface area contributed by atoms with Gasteiger partial charge in [0.1, 0.15) is 27.0 Å². The zero-order valence-corrected chi connectivity index (χ0v) is 85.1. The molecule has 13 aromatic rings. The van der Waals surface area contributed by atoms with Crippen molar-refractivity contribution in [3.05, 3.63) is 196 Å². The van der Waals surface area contributed by atoms with Crippen LogP contribution in [0.15, 0.2) is 185 Å². The summed E-state index contributed by atoms with van der Waals surface area (Å²) >= 11 is 3.06. The first-order valence-electron chi connectivity index (χ1n) is 43.1. The van der Waals surface area contributed by atoms with Crippen LogP contribution in [0.4, 0.5) is 42.4 Å². The summed E-state index contributed by atoms with van der Waals surface area (Å²) in [6.07, 6.45) is 1.39. The summed E-state index contributed by atoms with van der Waals surface area (Å²) in [7, 11) is -7.25. The van der Waals surface area contributed by atoms with E-state index in [9.17, 15) is 49.2 Å². The largest absolute Gasteiger partial charge is 0.464 e. The predicted molar refractivity (Wildman–Crippen MR) is 522 cm³/mol. The minimum Gasteiger partial charge on any atom is -0.464 e. The molecule has 728 valence electrons. The number of imide groups is 2. The van der Waals surface area contributed by atoms with E-state index in [2.05, 4.69) is 86.5 Å². The lowest BCUT2D eigenvalue weighted by Gasteiger charge is -2.28. The highest BCUT2D eigenvalue weighted by atomic mass is 79.9. The van der Waals surface area contributed by atoms with Gasteiger partial charge in [-0.05, 0) is 259 Å². The minimum absolute atomic E-state index is 0.0203. The number of halogens is 1. The maximum Gasteiger partial charge on any atom is 0.425 e. The van der Waals surface area contributed by atoms with Gasteiger partial charge in [-0.1, -0.05) is 83.9 Å². The van der Waals surface area contributed by atoms with Crippen molar-refractivity contribution in [2.24, 2.45) is 0 Å². The van der Waals surface area contributed by atoms with Crippen molar-refractivity contribution in [3.63, 3.8) is 0 Å². The third kappa shape index (κ3) is 26.6. The Bertz CT molecular complexity index is 6970. The summed E-state index contributed by atoms with van der Waals surface area (Å²) < 4.78 is 121. The molecule has 0 unspecified atom stereocenters. The molecule has 6 aromatic carbocycles. The normalized spacial score (nSPS) is 11.9. The molecule has 0 spiro atoms. The standard InChI is InChI=1S/C34H42N6O7S.C33H39N5O7S.C23H23N5O3S.C6H6BrN3O2/c1-20(2)48(43,44)24-14-12-23(13-15-24)26-19-36-28(40(31(41)46-33(4,5)6)32(42)47-34(7,8)9)27(37-26)30-39-38-29(45-30)25-16-11-22(18-35-10)17-21(25)3;1-19(2)46(41,42)23-14-12-22(13-15-23)25-18-34-27(38(30(39)44-32(5,6)7)31(40)45-33(8,9)10)26(35-25)29-37-36-28(43-29)24-16-11-20(3)17-21(24)4;1-13(2)32(29,30)17-8-6-16(7-9-17)19-12-25-21(24)20(26-19)23-28-27-22(31-23)18-10-5-14(3)11-15(18)4;1-12-6(11)4-5(8)9-2-3(7)10-4/h11-17,19-20,35H,18H2,1-10H3;11-19H,1-10H3;5-13H,1-4H3,(H2,24,25);2H,1H3,(H2,8,9). The smallest absolute Gasteiger partial charge is 0.425 e. The molecule has 138 heavy (non-hydrogen) atoms. The number of esters is 1. The molecule has 42 heteroatoms. The summed E-state index contributed by atoms with van der Waals surface area (Å²) in [4.78, 5) is 102. The number of aryl methyl sites for hydroxylation is 5. The Morgan fingerprint density at radius 1 is 0.399 bits per heavy atom. The van der Waals surface area contributed by atoms with E-state index in [0.717, 1.165) is 38.9 Å². The number of methoxy groups -OCH3 is 1. The topological polar surface area (TPSA) is 524 Å². The van der Waals surface area contributed by atoms with Crippen LogP contribution in [0, 0.1) is 34.6 Å². The van der Waals surface area contributed by atoms with Gasteiger partial charge in [0.25, 0.3) is 17.7 Å². The Balaban J connectivity index is 0.000000204. The lowest BCUT2D eigenvalue weighted by molar-refractivity contribution is 0.0406. The van der Waals surface area contributed by atoms with Crippen molar-refractivity contribution >= 4 is 99.1 Å². The molecule has 0 aliphatic rings. The van der Waals surface area contributed by atoms with Crippen LogP contribution in [0.1, 0.15) is 168 Å². The van der Waals surface area contributed by atoms with E-state index in [0.29, 0.717) is 60.3 Å². The zero-order valence-electron chi connectivity index (χ0n) is 81.0. The molecule has 5 N–H and O–H groups in total. The molecule has 0 aliphatic carbocycles. The number of hydrogen-bond acceptors (Lipinski definition) is 36. The molecule has 0 saturated heterocycles. The number of benzene rings is 6. The highest BCUT2D eigenvalue weighted by Gasteiger charge is 2.40. The minimum atomic E-state index is -3.51. The molecule has 38 nitrogen and oxygen atoms in total. The Labute approximate surface area is 808 Å². The van der Waals surface area contributed by atoms with Gasteiger partial charge in [0.15, 0.2) is 75.6 Å². The lowest BCUT2D eigenvalue weighted by atomic mass is 10.1. The number of nitrogens with one attached hydrogen (secondary N) is 1. The molecule has 0 fully saturated rings. The van der Waals surface area contributed by atoms with Crippen molar-refractivity contribution in [2.75, 3.05) is 35.4 Å². The van der Waals surface area contributed by atoms with Gasteiger partial charge in [0.2, 0.25) is 17.7 Å². The van der Waals surface area contributed by atoms with Gasteiger partial charge in [-0.25, -0.2) is 89.1 Å². The number of nitrogens with two attached hydrogens (primary N) is 2. The van der Waals surface area contributed by atoms with E-state index >= 15 is 0 Å². The van der Waals surface area contributed by atoms with Crippen molar-refractivity contribution in [3.8, 4) is 103 Å². The molecule has 0 saturated carbocycles. The second-order valence-corrected chi connectivity index (χ2v) is 44.6. The number of hydrogen-bond donors (Lipinski definition) is 3. The van der Waals surface area contributed by atoms with Gasteiger partial charge in [-0.15, -0.1) is 30.6 Å². The quantitative estimate of drug-likeness (QED) is 0.0471. The number of carbonyl (C=O) groups excluding carboxylic acids is 5. The number of rotatable bonds is 20. The molecule has 7 heterocycles. The monoisotopic (exact) mass is 2010 g/mol. The second-order valence-electron chi connectivity index (χ2n) is 36.3. The molecule has 0 bridgehead atoms. The second kappa shape index (κ2) is 43.1. The fourth-order valence-corrected chi connectivity index (χ4v) is 16.1. The van der Waals surface area contributed by atoms with E-state index in [1.54, 1.807) is 173 Å². The van der Waals surface area contributed by atoms with E-state index in [1.165, 1.54) is 56.2 Å². The molecule has 0 atom stereocenters. The molecule has 0 aliphatic heterocycles. The Kier molecular flexibility index (Phi) is 33.1. The summed E-state index contributed by atoms with van der Waals surface area (Å²) in [6.45, 7) is 40.1. The third-order valence-corrected chi connectivity index (χ3v) is 26.4. The number of anilines is 4. The molecular weight excluding hydrogens is 1900 g/mol. The molecule has 13 rings (SSSR count). The van der Waals surface area contributed by atoms with E-state index in [4.69, 9.17) is 53.6 Å². The van der Waals surface area contributed by atoms with Gasteiger partial charge >= 0.3 is 30.3 Å². The molecule has 7 aromatic heterocycles. The van der Waals surface area contributed by atoms with Crippen LogP contribution in [0.25, 0.3) is 103 Å². The number of aromatic nitrogens is 14. The average molecular weight is 2010 g/mol. The van der Waals surface area contributed by atoms with Gasteiger partial charge in [-0.2, -0.15) is 9.80 Å². The van der Waals surface area contributed by atoms with Gasteiger partial charge in [0, 0.05) is 39.9 Å². The number of nitrogen functional groups attached to an aromatic ring is 2. The highest BCUT2D eigenvalue weighted by molar-refractivity contribution is 9.10. The summed E-state index contributed by atoms with van der Waals surface area (Å²) in [5.41, 5.74) is 18.6. The SMILES string of the molecule is CNCc1ccc(-c2nnc(-c3nc(-c4ccc(S(=O)(=O)C(C)C)cc4)cnc3N(C(=O)OC(C)(C)C)C(=O)OC(C)(C)C)o2)c(C)c1.COC(=O)c1nc(Br)cnc1N.Cc1ccc(-c2nnc(-c3nc(-c4ccc(S(=O)(=O)C(C)C)cc4)cnc3N(C(=O)OC(C)(C)C)C(=O)OC(C)(C)C)o2)c(C)c1.Cc1ccc(-c2nnc(-c3nc(-c4ccc(S(=O)(=O)C(C)C)cc4)cnc3N)o2)c(C)c1. The van der Waals surface area contributed by atoms with Crippen molar-refractivity contribution < 1.29 is 86.2 Å². The van der Waals surface area contributed by atoms with Gasteiger partial charge in [-0.3, -0.25) is 0 Å². The fourth-order valence-electron chi connectivity index (χ4n) is 12.6. The number of carbonyl (C=O) groups is 5. The number of nitrogens with zero attached hydrogens (tertiary/aromatic N) is 16. The van der Waals surface area contributed by atoms with E-state index in [-0.39, 0.29) is 102 Å². The van der Waals surface area contributed by atoms with Crippen LogP contribution in [0.5, 0.6) is 0 Å². The van der Waals surface area contributed by atoms with Gasteiger partial charge < -0.3 is 53.7 Å². The summed E-state index contributed by atoms with van der Waals surface area (Å²) in [5.74, 6) is -0.275. The molecular formula is C96H110BrN19O19S3. The van der Waals surface area contributed by atoms with Crippen molar-refractivity contribution in [2.45, 2.75) is 219 Å². The van der Waals surface area contributed by atoms with Crippen LogP contribution in [-0.2, 0) is 59.7 Å². The number of sulfone groups is 3. The maximum atomic E-state index is 13.6. The van der Waals surface area contributed by atoms with Crippen LogP contribution in [-0.4, -0.2) is 178 Å². The van der Waals surface area contributed by atoms with Crippen LogP contribution >= 0.6 is 15.9 Å². The van der Waals surface area contributed by atoms with Crippen LogP contribution in [0.3, 0.4) is 0 Å². The average Bonchev–Trinajstić information content (AvgIpc) is 1.79. The van der Waals surface area contributed by atoms with Crippen molar-refractivity contribution in [1.82, 2.24) is 75.8 Å². The Morgan fingerprint density at radius 2 is 0.696 bits per heavy atom. The molecule has 4 amide bonds. The first kappa shape index (κ1) is 106. The van der Waals surface area contributed by atoms with E-state index < -0.39 is 98.0 Å². The third-order valence-electron chi connectivity index (χ3n) is 19.5. The number of amides is 4. The first-order chi connectivity index (χ1) is 64.4. The zero-order chi connectivity index (χ0) is 102. The molecule has 0 radical (unpaired) electrons. The van der Waals surface area contributed by atoms with Gasteiger partial charge in [0.05, 0.1) is 79.4 Å². The predicted octanol–water partition coefficient (Wildman–Crippen LogP) is 18.9. The Morgan fingerprint density at radius 3 is 1.00 bits per heavy atom. The fraction of sp³-hybridized carbons (Fsp3) is 0.344. The summed E-state index contributed by atoms with van der Waals surface area (Å²) in [5, 5.41) is 26.6. The van der Waals surface area contributed by atoms with E-state index in [1.807, 2.05) is 96.3 Å². The number of ether oxygens (including phenoxy) is 5. The van der Waals surface area contributed by atoms with Crippen molar-refractivity contribution in [1.29, 1.82) is 0 Å².